The lowest BCUT2D eigenvalue weighted by molar-refractivity contribution is 0.241. The molecule has 4 atom stereocenters. The summed E-state index contributed by atoms with van der Waals surface area (Å²) < 4.78 is 0. The molecule has 6 rings (SSSR count). The van der Waals surface area contributed by atoms with E-state index in [1.54, 1.807) is 33.9 Å². The molecule has 6 aliphatic rings. The lowest BCUT2D eigenvalue weighted by Crippen LogP contribution is -2.35. The Bertz CT molecular complexity index is 1440. The third-order valence-corrected chi connectivity index (χ3v) is 12.8. The predicted molar refractivity (Wildman–Crippen MR) is 270 cm³/mol. The second kappa shape index (κ2) is 27.2. The highest BCUT2D eigenvalue weighted by Crippen LogP contribution is 2.42. The van der Waals surface area contributed by atoms with Crippen LogP contribution in [0.4, 0.5) is 0 Å². The van der Waals surface area contributed by atoms with Crippen LogP contribution in [0.3, 0.4) is 0 Å². The zero-order chi connectivity index (χ0) is 46.0. The van der Waals surface area contributed by atoms with Gasteiger partial charge in [-0.1, -0.05) is 172 Å². The van der Waals surface area contributed by atoms with Gasteiger partial charge in [0.2, 0.25) is 0 Å². The van der Waals surface area contributed by atoms with Crippen LogP contribution in [0.1, 0.15) is 178 Å². The average Bonchev–Trinajstić information content (AvgIpc) is 3.90. The van der Waals surface area contributed by atoms with Crippen LogP contribution in [0, 0.1) is 47.3 Å². The summed E-state index contributed by atoms with van der Waals surface area (Å²) in [6.45, 7) is 55.7. The Labute approximate surface area is 375 Å². The molecule has 2 aliphatic heterocycles. The Balaban J connectivity index is 0.000000523. The molecule has 1 unspecified atom stereocenters. The summed E-state index contributed by atoms with van der Waals surface area (Å²) in [6.07, 6.45) is 19.2. The molecule has 2 saturated heterocycles. The topological polar surface area (TPSA) is 13.0 Å². The van der Waals surface area contributed by atoms with Gasteiger partial charge < -0.3 is 19.6 Å². The van der Waals surface area contributed by atoms with Crippen molar-refractivity contribution in [1.82, 2.24) is 19.6 Å². The van der Waals surface area contributed by atoms with Gasteiger partial charge in [0.15, 0.2) is 0 Å². The van der Waals surface area contributed by atoms with Crippen molar-refractivity contribution in [2.75, 3.05) is 39.5 Å². The van der Waals surface area contributed by atoms with Gasteiger partial charge in [0.1, 0.15) is 0 Å². The molecule has 0 bridgehead atoms. The van der Waals surface area contributed by atoms with E-state index in [-0.39, 0.29) is 0 Å². The fourth-order valence-corrected chi connectivity index (χ4v) is 10.5. The van der Waals surface area contributed by atoms with Crippen molar-refractivity contribution in [3.63, 3.8) is 0 Å². The smallest absolute Gasteiger partial charge is 0.0899 e. The van der Waals surface area contributed by atoms with Crippen LogP contribution in [0.15, 0.2) is 92.7 Å². The van der Waals surface area contributed by atoms with Crippen molar-refractivity contribution in [3.8, 4) is 0 Å². The van der Waals surface area contributed by atoms with E-state index in [2.05, 4.69) is 153 Å². The highest BCUT2D eigenvalue weighted by atomic mass is 15.4. The number of hydrogen-bond acceptors (Lipinski definition) is 4. The first-order chi connectivity index (χ1) is 28.6. The largest absolute Gasteiger partial charge is 0.355 e. The maximum absolute atomic E-state index is 2.73. The normalized spacial score (nSPS) is 24.1. The summed E-state index contributed by atoms with van der Waals surface area (Å²) in [5.74, 6) is 5.16. The first kappa shape index (κ1) is 55.1. The van der Waals surface area contributed by atoms with Gasteiger partial charge in [-0.05, 0) is 99.3 Å². The molecule has 0 spiro atoms. The molecule has 344 valence electrons. The van der Waals surface area contributed by atoms with Gasteiger partial charge in [-0.15, -0.1) is 0 Å². The van der Waals surface area contributed by atoms with E-state index in [1.165, 1.54) is 48.0 Å². The summed E-state index contributed by atoms with van der Waals surface area (Å²) in [7, 11) is 0. The minimum Gasteiger partial charge on any atom is -0.355 e. The predicted octanol–water partition coefficient (Wildman–Crippen LogP) is 16.0. The fraction of sp³-hybridized carbons (Fsp3) is 0.714. The third-order valence-electron chi connectivity index (χ3n) is 12.8. The molecule has 0 saturated carbocycles. The molecule has 0 amide bonds. The minimum atomic E-state index is 0.586. The van der Waals surface area contributed by atoms with E-state index >= 15 is 0 Å². The summed E-state index contributed by atoms with van der Waals surface area (Å²) >= 11 is 0. The zero-order valence-corrected chi connectivity index (χ0v) is 43.9. The number of allylic oxidation sites excluding steroid dienone is 16. The van der Waals surface area contributed by atoms with E-state index in [0.717, 1.165) is 39.5 Å². The summed E-state index contributed by atoms with van der Waals surface area (Å²) in [6, 6.07) is 0. The molecule has 60 heavy (non-hydrogen) atoms. The van der Waals surface area contributed by atoms with Crippen LogP contribution in [0.2, 0.25) is 0 Å². The second-order valence-electron chi connectivity index (χ2n) is 18.6. The van der Waals surface area contributed by atoms with Gasteiger partial charge in [0.05, 0.1) is 13.3 Å². The highest BCUT2D eigenvalue weighted by molar-refractivity contribution is 5.37. The van der Waals surface area contributed by atoms with E-state index in [4.69, 9.17) is 0 Å². The van der Waals surface area contributed by atoms with Crippen LogP contribution in [0.25, 0.3) is 0 Å². The Morgan fingerprint density at radius 1 is 0.450 bits per heavy atom. The number of rotatable bonds is 8. The standard InChI is InChI=1S/C27H44N2.C21H32N2.4C2H6/c1-18(2)22-11-9-12-23(19(3)4)26(22)28-15-16-29(17-28)27-24(20(5)6)13-10-14-25(27)21(7)8;1-14-9-16(3)20(17(4)10-14)22-7-8-23(13-22)21-18(5)11-15(2)12-19(21)6;4*1-2/h9-11,13,18-21,23,25H,12,14-17H2,1-8H3;9,11,17,19H,7-8,10,12-13H2,1-6H3;4*1-2H3/t23-,25?;17-,19+;;;;/m1...../s1. The van der Waals surface area contributed by atoms with Crippen LogP contribution >= 0.6 is 0 Å². The molecule has 0 aromatic rings. The number of nitrogens with zero attached hydrogens (tertiary/aromatic N) is 4. The van der Waals surface area contributed by atoms with Crippen molar-refractivity contribution >= 4 is 0 Å². The third kappa shape index (κ3) is 14.1. The second-order valence-corrected chi connectivity index (χ2v) is 18.6. The summed E-state index contributed by atoms with van der Waals surface area (Å²) in [5, 5.41) is 0. The van der Waals surface area contributed by atoms with Crippen LogP contribution < -0.4 is 0 Å². The van der Waals surface area contributed by atoms with Crippen molar-refractivity contribution in [2.24, 2.45) is 47.3 Å². The van der Waals surface area contributed by atoms with Crippen molar-refractivity contribution in [3.05, 3.63) is 92.7 Å². The van der Waals surface area contributed by atoms with E-state index in [9.17, 15) is 0 Å². The van der Waals surface area contributed by atoms with Crippen molar-refractivity contribution in [2.45, 2.75) is 178 Å². The lowest BCUT2D eigenvalue weighted by atomic mass is 9.80. The SMILES string of the molecule is CC.CC.CC.CC.CC(C)C1=C(N2CCN(C3=C(C(C)C)C=CC[C@@H]3C(C)C)C2)C(C(C)C)CC=C1.CC1=CC(C)=C(N2CCN(C3=C(C)C=C(C)C[C@@H]3C)C2)[C@H](C)C1. The molecular weight excluding hydrogens is 729 g/mol. The van der Waals surface area contributed by atoms with E-state index in [1.807, 2.05) is 55.4 Å². The van der Waals surface area contributed by atoms with Gasteiger partial charge >= 0.3 is 0 Å². The Hall–Kier alpha value is -2.88. The lowest BCUT2D eigenvalue weighted by Gasteiger charge is -2.39. The van der Waals surface area contributed by atoms with Crippen molar-refractivity contribution < 1.29 is 0 Å². The van der Waals surface area contributed by atoms with Crippen LogP contribution in [-0.2, 0) is 0 Å². The molecule has 2 heterocycles. The summed E-state index contributed by atoms with van der Waals surface area (Å²) in [5.41, 5.74) is 15.6. The molecule has 0 aromatic carbocycles. The first-order valence-corrected chi connectivity index (χ1v) is 25.2. The maximum atomic E-state index is 2.73. The van der Waals surface area contributed by atoms with Crippen LogP contribution in [0.5, 0.6) is 0 Å². The highest BCUT2D eigenvalue weighted by Gasteiger charge is 2.36. The van der Waals surface area contributed by atoms with Crippen molar-refractivity contribution in [1.29, 1.82) is 0 Å². The maximum Gasteiger partial charge on any atom is 0.0899 e. The molecule has 0 N–H and O–H groups in total. The molecule has 0 radical (unpaired) electrons. The monoisotopic (exact) mass is 829 g/mol. The molecule has 4 heteroatoms. The average molecular weight is 829 g/mol. The van der Waals surface area contributed by atoms with E-state index in [0.29, 0.717) is 47.3 Å². The molecule has 4 aliphatic carbocycles. The van der Waals surface area contributed by atoms with Gasteiger partial charge in [-0.2, -0.15) is 0 Å². The fourth-order valence-electron chi connectivity index (χ4n) is 10.5. The summed E-state index contributed by atoms with van der Waals surface area (Å²) in [4.78, 5) is 10.7. The number of hydrogen-bond donors (Lipinski definition) is 0. The quantitative estimate of drug-likeness (QED) is 0.242. The zero-order valence-electron chi connectivity index (χ0n) is 43.9. The van der Waals surface area contributed by atoms with Gasteiger partial charge in [0, 0.05) is 72.6 Å². The van der Waals surface area contributed by atoms with Gasteiger partial charge in [0.25, 0.3) is 0 Å². The Morgan fingerprint density at radius 3 is 0.983 bits per heavy atom. The van der Waals surface area contributed by atoms with Gasteiger partial charge in [-0.3, -0.25) is 0 Å². The first-order valence-electron chi connectivity index (χ1n) is 25.2. The van der Waals surface area contributed by atoms with Crippen LogP contribution in [-0.4, -0.2) is 59.1 Å². The Kier molecular flexibility index (Phi) is 25.0. The molecule has 2 fully saturated rings. The Morgan fingerprint density at radius 2 is 0.733 bits per heavy atom. The molecular formula is C56H100N4. The molecule has 0 aromatic heterocycles. The van der Waals surface area contributed by atoms with E-state index < -0.39 is 0 Å². The molecule has 4 nitrogen and oxygen atoms in total. The minimum absolute atomic E-state index is 0.586. The van der Waals surface area contributed by atoms with Gasteiger partial charge in [-0.25, -0.2) is 0 Å².